The van der Waals surface area contributed by atoms with E-state index in [0.29, 0.717) is 28.9 Å². The molecule has 0 bridgehead atoms. The molecule has 0 spiro atoms. The Kier molecular flexibility index (Phi) is 9.91. The molecule has 2 aromatic rings. The third-order valence-electron chi connectivity index (χ3n) is 4.61. The van der Waals surface area contributed by atoms with E-state index in [9.17, 15) is 14.0 Å². The van der Waals surface area contributed by atoms with Crippen LogP contribution in [0.4, 0.5) is 4.39 Å². The highest BCUT2D eigenvalue weighted by Gasteiger charge is 2.12. The van der Waals surface area contributed by atoms with Crippen LogP contribution in [0.2, 0.25) is 19.1 Å². The van der Waals surface area contributed by atoms with Gasteiger partial charge in [0.25, 0.3) is 0 Å². The van der Waals surface area contributed by atoms with Crippen LogP contribution in [-0.2, 0) is 20.7 Å². The molecule has 0 aromatic heterocycles. The lowest BCUT2D eigenvalue weighted by Crippen LogP contribution is -2.12. The van der Waals surface area contributed by atoms with E-state index in [1.54, 1.807) is 38.1 Å². The summed E-state index contributed by atoms with van der Waals surface area (Å²) in [5.41, 5.74) is 2.01. The first-order valence-corrected chi connectivity index (χ1v) is 14.1. The summed E-state index contributed by atoms with van der Waals surface area (Å²) in [7, 11) is -0.662. The highest BCUT2D eigenvalue weighted by Crippen LogP contribution is 2.14. The molecule has 0 amide bonds. The number of carbonyl (C=O) groups is 2. The number of hydrogen-bond donors (Lipinski definition) is 0. The van der Waals surface area contributed by atoms with Crippen molar-refractivity contribution in [3.8, 4) is 24.2 Å². The minimum Gasteiger partial charge on any atom is -0.465 e. The maximum atomic E-state index is 14.5. The Morgan fingerprint density at radius 3 is 2.39 bits per heavy atom. The van der Waals surface area contributed by atoms with Crippen LogP contribution in [0.15, 0.2) is 36.4 Å². The van der Waals surface area contributed by atoms with Gasteiger partial charge in [-0.3, -0.25) is 4.79 Å². The topological polar surface area (TPSA) is 52.6 Å². The van der Waals surface area contributed by atoms with Gasteiger partial charge < -0.3 is 9.47 Å². The summed E-state index contributed by atoms with van der Waals surface area (Å²) in [5, 5.41) is 0. The van der Waals surface area contributed by atoms with Crippen LogP contribution in [-0.4, -0.2) is 33.4 Å². The molecule has 0 unspecified atom stereocenters. The van der Waals surface area contributed by atoms with Crippen LogP contribution in [0, 0.1) is 30.0 Å². The molecule has 0 saturated heterocycles. The Labute approximate surface area is 197 Å². The monoisotopic (exact) mass is 464 g/mol. The molecule has 6 heteroatoms. The number of terminal acetylenes is 1. The standard InChI is InChI=1S/C27H29FO4Si/c1-6-20-14-22(16-24(15-20)27(30)32-19(2)3)9-8-21-10-11-23(25(28)17-21)18-26(29)31-12-7-13-33(4)5/h1,10-11,14-17,19,33H,7,12-13,18H2,2-5H3. The van der Waals surface area contributed by atoms with Gasteiger partial charge in [-0.25, -0.2) is 9.18 Å². The molecule has 4 nitrogen and oxygen atoms in total. The zero-order chi connectivity index (χ0) is 24.4. The maximum absolute atomic E-state index is 14.5. The molecule has 0 radical (unpaired) electrons. The molecular weight excluding hydrogens is 435 g/mol. The van der Waals surface area contributed by atoms with Gasteiger partial charge in [-0.15, -0.1) is 6.42 Å². The zero-order valence-corrected chi connectivity index (χ0v) is 20.7. The van der Waals surface area contributed by atoms with Crippen molar-refractivity contribution in [3.05, 3.63) is 70.0 Å². The first-order valence-electron chi connectivity index (χ1n) is 11.0. The van der Waals surface area contributed by atoms with Gasteiger partial charge in [0.15, 0.2) is 0 Å². The van der Waals surface area contributed by atoms with E-state index in [0.717, 1.165) is 12.5 Å². The number of carbonyl (C=O) groups excluding carboxylic acids is 2. The number of esters is 2. The highest BCUT2D eigenvalue weighted by atomic mass is 28.3. The Bertz CT molecular complexity index is 1100. The fourth-order valence-electron chi connectivity index (χ4n) is 2.98. The molecule has 0 heterocycles. The van der Waals surface area contributed by atoms with E-state index < -0.39 is 26.6 Å². The molecule has 0 fully saturated rings. The van der Waals surface area contributed by atoms with Gasteiger partial charge in [-0.1, -0.05) is 43.0 Å². The molecule has 0 aliphatic rings. The predicted octanol–water partition coefficient (Wildman–Crippen LogP) is 4.73. The van der Waals surface area contributed by atoms with Crippen molar-refractivity contribution in [2.75, 3.05) is 6.61 Å². The summed E-state index contributed by atoms with van der Waals surface area (Å²) < 4.78 is 24.9. The average Bonchev–Trinajstić information content (AvgIpc) is 2.76. The van der Waals surface area contributed by atoms with E-state index >= 15 is 0 Å². The molecule has 172 valence electrons. The second kappa shape index (κ2) is 12.6. The average molecular weight is 465 g/mol. The number of ether oxygens (including phenoxy) is 2. The Balaban J connectivity index is 2.10. The van der Waals surface area contributed by atoms with Crippen molar-refractivity contribution in [2.45, 2.75) is 51.9 Å². The smallest absolute Gasteiger partial charge is 0.338 e. The fourth-order valence-corrected chi connectivity index (χ4v) is 3.96. The minimum absolute atomic E-state index is 0.121. The lowest BCUT2D eigenvalue weighted by Gasteiger charge is -2.08. The molecule has 2 aromatic carbocycles. The van der Waals surface area contributed by atoms with Crippen LogP contribution in [0.3, 0.4) is 0 Å². The summed E-state index contributed by atoms with van der Waals surface area (Å²) in [6, 6.07) is 10.4. The first kappa shape index (κ1) is 25.9. The van der Waals surface area contributed by atoms with Crippen molar-refractivity contribution in [2.24, 2.45) is 0 Å². The van der Waals surface area contributed by atoms with Crippen LogP contribution < -0.4 is 0 Å². The summed E-state index contributed by atoms with van der Waals surface area (Å²) in [5.74, 6) is 6.82. The normalized spacial score (nSPS) is 10.4. The van der Waals surface area contributed by atoms with Gasteiger partial charge in [0.05, 0.1) is 24.7 Å². The van der Waals surface area contributed by atoms with Gasteiger partial charge in [-0.2, -0.15) is 0 Å². The van der Waals surface area contributed by atoms with Crippen molar-refractivity contribution >= 4 is 20.7 Å². The van der Waals surface area contributed by atoms with E-state index in [2.05, 4.69) is 30.9 Å². The predicted molar refractivity (Wildman–Crippen MR) is 130 cm³/mol. The van der Waals surface area contributed by atoms with Gasteiger partial charge >= 0.3 is 11.9 Å². The zero-order valence-electron chi connectivity index (χ0n) is 19.5. The highest BCUT2D eigenvalue weighted by molar-refractivity contribution is 6.55. The van der Waals surface area contributed by atoms with Crippen molar-refractivity contribution in [1.82, 2.24) is 0 Å². The van der Waals surface area contributed by atoms with Crippen molar-refractivity contribution in [1.29, 1.82) is 0 Å². The van der Waals surface area contributed by atoms with Crippen LogP contribution >= 0.6 is 0 Å². The third kappa shape index (κ3) is 8.96. The number of benzene rings is 2. The van der Waals surface area contributed by atoms with Crippen molar-refractivity contribution < 1.29 is 23.5 Å². The van der Waals surface area contributed by atoms with Gasteiger partial charge in [0.2, 0.25) is 0 Å². The molecule has 33 heavy (non-hydrogen) atoms. The minimum atomic E-state index is -0.662. The molecule has 2 rings (SSSR count). The molecule has 0 aliphatic heterocycles. The van der Waals surface area contributed by atoms with Crippen LogP contribution in [0.1, 0.15) is 52.9 Å². The molecule has 0 saturated carbocycles. The Morgan fingerprint density at radius 2 is 1.76 bits per heavy atom. The van der Waals surface area contributed by atoms with E-state index in [4.69, 9.17) is 15.9 Å². The largest absolute Gasteiger partial charge is 0.465 e. The lowest BCUT2D eigenvalue weighted by atomic mass is 10.0. The molecule has 0 N–H and O–H groups in total. The van der Waals surface area contributed by atoms with Gasteiger partial charge in [0, 0.05) is 25.5 Å². The second-order valence-electron chi connectivity index (χ2n) is 8.39. The first-order chi connectivity index (χ1) is 15.7. The van der Waals surface area contributed by atoms with Gasteiger partial charge in [0.1, 0.15) is 5.82 Å². The molecular formula is C27H29FO4Si. The SMILES string of the molecule is C#Cc1cc(C#Cc2ccc(CC(=O)OCCC[SiH](C)C)c(F)c2)cc(C(=O)OC(C)C)c1. The summed E-state index contributed by atoms with van der Waals surface area (Å²) in [6.45, 7) is 8.38. The van der Waals surface area contributed by atoms with Crippen LogP contribution in [0.5, 0.6) is 0 Å². The Hall–Kier alpha value is -3.35. The van der Waals surface area contributed by atoms with E-state index in [1.807, 2.05) is 0 Å². The number of halogens is 1. The fraction of sp³-hybridized carbons (Fsp3) is 0.333. The maximum Gasteiger partial charge on any atom is 0.338 e. The quantitative estimate of drug-likeness (QED) is 0.245. The summed E-state index contributed by atoms with van der Waals surface area (Å²) in [4.78, 5) is 24.2. The lowest BCUT2D eigenvalue weighted by molar-refractivity contribution is -0.142. The van der Waals surface area contributed by atoms with Gasteiger partial charge in [-0.05, 0) is 56.2 Å². The summed E-state index contributed by atoms with van der Waals surface area (Å²) >= 11 is 0. The number of hydrogen-bond acceptors (Lipinski definition) is 4. The molecule has 0 atom stereocenters. The number of rotatable bonds is 8. The molecule has 0 aliphatic carbocycles. The summed E-state index contributed by atoms with van der Waals surface area (Å²) in [6.07, 6.45) is 5.96. The Morgan fingerprint density at radius 1 is 1.06 bits per heavy atom. The van der Waals surface area contributed by atoms with E-state index in [-0.39, 0.29) is 18.1 Å². The van der Waals surface area contributed by atoms with Crippen LogP contribution in [0.25, 0.3) is 0 Å². The van der Waals surface area contributed by atoms with E-state index in [1.165, 1.54) is 12.1 Å². The second-order valence-corrected chi connectivity index (χ2v) is 11.8. The third-order valence-corrected chi connectivity index (χ3v) is 6.17. The van der Waals surface area contributed by atoms with Crippen molar-refractivity contribution in [3.63, 3.8) is 0 Å².